The second-order valence-corrected chi connectivity index (χ2v) is 11.7. The highest BCUT2D eigenvalue weighted by atomic mass is 32.1. The predicted molar refractivity (Wildman–Crippen MR) is 159 cm³/mol. The van der Waals surface area contributed by atoms with Gasteiger partial charge in [0, 0.05) is 29.2 Å². The van der Waals surface area contributed by atoms with E-state index in [1.807, 2.05) is 56.3 Å². The number of nitrogen functional groups attached to an aromatic ring is 1. The van der Waals surface area contributed by atoms with E-state index in [9.17, 15) is 9.59 Å². The first kappa shape index (κ1) is 26.5. The lowest BCUT2D eigenvalue weighted by Crippen LogP contribution is -2.53. The van der Waals surface area contributed by atoms with Crippen molar-refractivity contribution in [1.82, 2.24) is 10.6 Å². The van der Waals surface area contributed by atoms with Crippen LogP contribution < -0.4 is 32.6 Å². The third-order valence-corrected chi connectivity index (χ3v) is 9.54. The van der Waals surface area contributed by atoms with Crippen molar-refractivity contribution in [3.05, 3.63) is 87.3 Å². The number of ketones is 1. The van der Waals surface area contributed by atoms with E-state index in [1.54, 1.807) is 12.1 Å². The van der Waals surface area contributed by atoms with Gasteiger partial charge in [-0.2, -0.15) is 0 Å². The van der Waals surface area contributed by atoms with Crippen LogP contribution in [0.5, 0.6) is 11.5 Å². The first-order valence-corrected chi connectivity index (χ1v) is 14.3. The molecule has 8 nitrogen and oxygen atoms in total. The number of carbonyl (C=O) groups is 2. The number of thiophene rings is 1. The average molecular weight is 556 g/mol. The first-order chi connectivity index (χ1) is 19.2. The minimum Gasteiger partial charge on any atom is -0.457 e. The van der Waals surface area contributed by atoms with Crippen molar-refractivity contribution >= 4 is 38.8 Å². The molecule has 0 bridgehead atoms. The fourth-order valence-corrected chi connectivity index (χ4v) is 7.21. The largest absolute Gasteiger partial charge is 0.457 e. The van der Waals surface area contributed by atoms with Crippen LogP contribution in [-0.4, -0.2) is 30.8 Å². The highest BCUT2D eigenvalue weighted by Crippen LogP contribution is 2.50. The van der Waals surface area contributed by atoms with Crippen LogP contribution in [0.4, 0.5) is 5.69 Å². The van der Waals surface area contributed by atoms with Crippen LogP contribution in [0.2, 0.25) is 0 Å². The molecule has 3 aromatic carbocycles. The zero-order chi connectivity index (χ0) is 28.2. The van der Waals surface area contributed by atoms with Crippen LogP contribution in [0.25, 0.3) is 10.1 Å². The molecule has 40 heavy (non-hydrogen) atoms. The van der Waals surface area contributed by atoms with Crippen LogP contribution in [0.3, 0.4) is 0 Å². The maximum absolute atomic E-state index is 14.2. The molecule has 4 aromatic rings. The fourth-order valence-electron chi connectivity index (χ4n) is 6.00. The van der Waals surface area contributed by atoms with E-state index >= 15 is 0 Å². The molecule has 0 spiro atoms. The summed E-state index contributed by atoms with van der Waals surface area (Å²) in [6.07, 6.45) is 1.88. The molecule has 1 aliphatic heterocycles. The summed E-state index contributed by atoms with van der Waals surface area (Å²) in [6, 6.07) is 15.7. The number of nitrogens with two attached hydrogens (primary N) is 3. The molecule has 206 valence electrons. The lowest BCUT2D eigenvalue weighted by atomic mass is 9.69. The summed E-state index contributed by atoms with van der Waals surface area (Å²) in [7, 11) is 0. The van der Waals surface area contributed by atoms with Crippen LogP contribution in [0, 0.1) is 13.8 Å². The maximum Gasteiger partial charge on any atom is 0.262 e. The number of hydrogen-bond acceptors (Lipinski definition) is 8. The third-order valence-electron chi connectivity index (χ3n) is 8.28. The first-order valence-electron chi connectivity index (χ1n) is 13.5. The van der Waals surface area contributed by atoms with Gasteiger partial charge in [0.1, 0.15) is 17.0 Å². The van der Waals surface area contributed by atoms with E-state index in [2.05, 4.69) is 10.6 Å². The fraction of sp³-hybridized carbons (Fsp3) is 0.290. The molecular weight excluding hydrogens is 522 g/mol. The zero-order valence-electron chi connectivity index (χ0n) is 22.5. The molecule has 6 rings (SSSR count). The quantitative estimate of drug-likeness (QED) is 0.233. The number of anilines is 1. The topological polar surface area (TPSA) is 145 Å². The molecular formula is C31H33N5O3S. The Hall–Kier alpha value is -3.76. The molecule has 9 heteroatoms. The summed E-state index contributed by atoms with van der Waals surface area (Å²) in [5.41, 5.74) is 22.7. The van der Waals surface area contributed by atoms with Crippen molar-refractivity contribution in [2.24, 2.45) is 11.5 Å². The normalized spacial score (nSPS) is 22.4. The number of rotatable bonds is 5. The molecule has 0 radical (unpaired) electrons. The SMILES string of the molecule is Cc1c(Oc2ccccc2)ccc(C2(N)C(=O)C(N)c3c(C(=O)NC4CCCNC4)sc4c(N)ccc2c34)c1C. The van der Waals surface area contributed by atoms with Crippen molar-refractivity contribution in [2.45, 2.75) is 44.3 Å². The number of amides is 1. The molecule has 8 N–H and O–H groups in total. The van der Waals surface area contributed by atoms with Crippen LogP contribution in [0.15, 0.2) is 54.6 Å². The van der Waals surface area contributed by atoms with Crippen molar-refractivity contribution in [3.8, 4) is 11.5 Å². The molecule has 1 fully saturated rings. The van der Waals surface area contributed by atoms with Gasteiger partial charge in [0.25, 0.3) is 5.91 Å². The Morgan fingerprint density at radius 3 is 2.55 bits per heavy atom. The highest BCUT2D eigenvalue weighted by molar-refractivity contribution is 7.21. The number of nitrogens with one attached hydrogen (secondary N) is 2. The number of benzene rings is 3. The third kappa shape index (κ3) is 4.08. The van der Waals surface area contributed by atoms with Gasteiger partial charge >= 0.3 is 0 Å². The van der Waals surface area contributed by atoms with Gasteiger partial charge in [-0.3, -0.25) is 9.59 Å². The van der Waals surface area contributed by atoms with Crippen molar-refractivity contribution < 1.29 is 14.3 Å². The van der Waals surface area contributed by atoms with Crippen molar-refractivity contribution in [2.75, 3.05) is 18.8 Å². The van der Waals surface area contributed by atoms with Crippen molar-refractivity contribution in [3.63, 3.8) is 0 Å². The van der Waals surface area contributed by atoms with E-state index in [4.69, 9.17) is 21.9 Å². The smallest absolute Gasteiger partial charge is 0.262 e. The lowest BCUT2D eigenvalue weighted by molar-refractivity contribution is -0.124. The van der Waals surface area contributed by atoms with Gasteiger partial charge in [0.15, 0.2) is 5.78 Å². The molecule has 1 aliphatic carbocycles. The number of ether oxygens (including phenoxy) is 1. The average Bonchev–Trinajstić information content (AvgIpc) is 3.37. The van der Waals surface area contributed by atoms with Crippen LogP contribution >= 0.6 is 11.3 Å². The number of Topliss-reactive ketones (excluding diaryl/α,β-unsaturated/α-hetero) is 1. The van der Waals surface area contributed by atoms with E-state index in [1.165, 1.54) is 11.3 Å². The molecule has 1 aromatic heterocycles. The maximum atomic E-state index is 14.2. The highest BCUT2D eigenvalue weighted by Gasteiger charge is 2.49. The molecule has 2 heterocycles. The molecule has 1 amide bonds. The second kappa shape index (κ2) is 10.0. The van der Waals surface area contributed by atoms with Gasteiger partial charge in [0.05, 0.1) is 15.6 Å². The Labute approximate surface area is 236 Å². The molecule has 0 saturated carbocycles. The van der Waals surface area contributed by atoms with E-state index in [0.717, 1.165) is 35.2 Å². The van der Waals surface area contributed by atoms with Gasteiger partial charge in [-0.25, -0.2) is 0 Å². The summed E-state index contributed by atoms with van der Waals surface area (Å²) >= 11 is 1.27. The Bertz CT molecular complexity index is 1640. The summed E-state index contributed by atoms with van der Waals surface area (Å²) < 4.78 is 6.84. The van der Waals surface area contributed by atoms with Gasteiger partial charge in [-0.15, -0.1) is 11.3 Å². The summed E-state index contributed by atoms with van der Waals surface area (Å²) in [5, 5.41) is 7.14. The lowest BCUT2D eigenvalue weighted by Gasteiger charge is -2.38. The summed E-state index contributed by atoms with van der Waals surface area (Å²) in [5.74, 6) is 0.793. The number of piperidine rings is 1. The Morgan fingerprint density at radius 1 is 1.07 bits per heavy atom. The number of carbonyl (C=O) groups excluding carboxylic acids is 2. The Kier molecular flexibility index (Phi) is 6.62. The molecule has 1 saturated heterocycles. The molecule has 2 aliphatic rings. The minimum absolute atomic E-state index is 0.0156. The minimum atomic E-state index is -1.53. The van der Waals surface area contributed by atoms with Gasteiger partial charge in [-0.1, -0.05) is 30.3 Å². The molecule has 3 atom stereocenters. The van der Waals surface area contributed by atoms with Crippen LogP contribution in [-0.2, 0) is 10.3 Å². The van der Waals surface area contributed by atoms with Gasteiger partial charge in [0.2, 0.25) is 0 Å². The zero-order valence-corrected chi connectivity index (χ0v) is 23.4. The second-order valence-electron chi connectivity index (χ2n) is 10.7. The van der Waals surface area contributed by atoms with E-state index in [0.29, 0.717) is 50.7 Å². The number of para-hydroxylation sites is 1. The van der Waals surface area contributed by atoms with Gasteiger partial charge < -0.3 is 32.6 Å². The van der Waals surface area contributed by atoms with Crippen molar-refractivity contribution in [1.29, 1.82) is 0 Å². The monoisotopic (exact) mass is 555 g/mol. The summed E-state index contributed by atoms with van der Waals surface area (Å²) in [6.45, 7) is 5.53. The number of hydrogen-bond donors (Lipinski definition) is 5. The Morgan fingerprint density at radius 2 is 1.82 bits per heavy atom. The van der Waals surface area contributed by atoms with E-state index in [-0.39, 0.29) is 17.7 Å². The molecule has 3 unspecified atom stereocenters. The Balaban J connectivity index is 1.47. The van der Waals surface area contributed by atoms with Crippen LogP contribution in [0.1, 0.15) is 56.4 Å². The summed E-state index contributed by atoms with van der Waals surface area (Å²) in [4.78, 5) is 28.1. The predicted octanol–water partition coefficient (Wildman–Crippen LogP) is 4.16. The van der Waals surface area contributed by atoms with E-state index < -0.39 is 11.6 Å². The standard InChI is InChI=1S/C31H33N5O3S/c1-16-17(2)23(39-19-8-4-3-5-9-19)13-11-20(16)31(34)21-10-12-22(32)27-24(21)25(26(33)29(31)37)28(40-27)30(38)36-18-7-6-14-35-15-18/h3-5,8-13,18,26,35H,6-7,14-15,32-34H2,1-2H3,(H,36,38). The van der Waals surface area contributed by atoms with Gasteiger partial charge in [-0.05, 0) is 79.8 Å².